The second-order valence-corrected chi connectivity index (χ2v) is 1.22. The summed E-state index contributed by atoms with van der Waals surface area (Å²) in [6.45, 7) is 0. The first kappa shape index (κ1) is 15.9. The van der Waals surface area contributed by atoms with Gasteiger partial charge in [0.2, 0.25) is 0 Å². The van der Waals surface area contributed by atoms with Crippen LogP contribution in [0.2, 0.25) is 0 Å². The fraction of sp³-hybridized carbons (Fsp3) is 0. The van der Waals surface area contributed by atoms with Crippen molar-refractivity contribution in [2.45, 2.75) is 0 Å². The van der Waals surface area contributed by atoms with E-state index in [1.54, 1.807) is 0 Å². The Morgan fingerprint density at radius 3 is 1.12 bits per heavy atom. The summed E-state index contributed by atoms with van der Waals surface area (Å²) in [7, 11) is -5.17. The van der Waals surface area contributed by atoms with Gasteiger partial charge >= 0.3 is 35.8 Å². The van der Waals surface area contributed by atoms with Gasteiger partial charge in [-0.05, 0) is 0 Å². The van der Waals surface area contributed by atoms with Crippen LogP contribution in [-0.2, 0) is 46.2 Å². The summed E-state index contributed by atoms with van der Waals surface area (Å²) in [6, 6.07) is 0. The molecule has 0 aromatic carbocycles. The zero-order valence-electron chi connectivity index (χ0n) is 3.08. The minimum absolute atomic E-state index is 0. The summed E-state index contributed by atoms with van der Waals surface area (Å²) in [5.41, 5.74) is 0. The van der Waals surface area contributed by atoms with Crippen LogP contribution in [0.5, 0.6) is 0 Å². The van der Waals surface area contributed by atoms with Gasteiger partial charge in [-0.15, -0.1) is 0 Å². The predicted octanol–water partition coefficient (Wildman–Crippen LogP) is -1.46. The van der Waals surface area contributed by atoms with Crippen LogP contribution in [0.3, 0.4) is 0 Å². The van der Waals surface area contributed by atoms with Crippen molar-refractivity contribution in [1.82, 2.24) is 0 Å². The normalized spacial score (nSPS) is 8.00. The van der Waals surface area contributed by atoms with Gasteiger partial charge in [-0.25, -0.2) is 0 Å². The second kappa shape index (κ2) is 7.66. The molecule has 0 heterocycles. The summed E-state index contributed by atoms with van der Waals surface area (Å²) in [6.07, 6.45) is 0. The number of hydrogen-bond acceptors (Lipinski definition) is 5. The maximum absolute atomic E-state index is 8.52. The zero-order chi connectivity index (χ0) is 6.50. The SMILES string of the molecule is O=S(=O)([O-])[O-].[Ni+2].[O]=[Ni]. The summed E-state index contributed by atoms with van der Waals surface area (Å²) >= 11 is 2.62. The molecule has 0 bridgehead atoms. The van der Waals surface area contributed by atoms with E-state index < -0.39 is 10.4 Å². The molecule has 0 fully saturated rings. The van der Waals surface area contributed by atoms with Gasteiger partial charge in [-0.3, -0.25) is 8.42 Å². The van der Waals surface area contributed by atoms with Crippen molar-refractivity contribution < 1.29 is 53.3 Å². The third-order valence-corrected chi connectivity index (χ3v) is 0. The van der Waals surface area contributed by atoms with Crippen LogP contribution in [0, 0.1) is 0 Å². The first-order valence-electron chi connectivity index (χ1n) is 0.796. The van der Waals surface area contributed by atoms with E-state index in [0.717, 1.165) is 0 Å². The molecule has 0 saturated heterocycles. The van der Waals surface area contributed by atoms with Crippen LogP contribution in [0.1, 0.15) is 0 Å². The average Bonchev–Trinajstić information content (AvgIpc) is 1.36. The standard InChI is InChI=1S/2Ni.H2O4S.O/c;;1-5(2,3)4;/h;;(H2,1,2,3,4);/q;+2;;/p-2. The van der Waals surface area contributed by atoms with E-state index in [1.807, 2.05) is 0 Å². The van der Waals surface area contributed by atoms with Crippen molar-refractivity contribution in [2.75, 3.05) is 0 Å². The van der Waals surface area contributed by atoms with Gasteiger partial charge in [0.15, 0.2) is 0 Å². The van der Waals surface area contributed by atoms with Crippen molar-refractivity contribution in [1.29, 1.82) is 0 Å². The first-order chi connectivity index (χ1) is 3.00. The van der Waals surface area contributed by atoms with E-state index in [9.17, 15) is 0 Å². The third-order valence-electron chi connectivity index (χ3n) is 0. The Hall–Kier alpha value is 0.657. The van der Waals surface area contributed by atoms with Crippen LogP contribution in [0.15, 0.2) is 0 Å². The Morgan fingerprint density at radius 1 is 1.12 bits per heavy atom. The molecule has 0 radical (unpaired) electrons. The fourth-order valence-corrected chi connectivity index (χ4v) is 0. The molecule has 0 spiro atoms. The van der Waals surface area contributed by atoms with Gasteiger partial charge in [0.25, 0.3) is 0 Å². The Balaban J connectivity index is -0.0000000750. The van der Waals surface area contributed by atoms with Gasteiger partial charge < -0.3 is 9.11 Å². The van der Waals surface area contributed by atoms with E-state index in [0.29, 0.717) is 0 Å². The second-order valence-electron chi connectivity index (χ2n) is 0.408. The summed E-state index contributed by atoms with van der Waals surface area (Å²) < 4.78 is 42.0. The average molecular weight is 229 g/mol. The van der Waals surface area contributed by atoms with E-state index in [-0.39, 0.29) is 16.5 Å². The Kier molecular flexibility index (Phi) is 15.2. The molecule has 0 rings (SSSR count). The molecule has 0 aliphatic heterocycles. The molecule has 0 N–H and O–H groups in total. The topological polar surface area (TPSA) is 97.3 Å². The molecule has 0 amide bonds. The summed E-state index contributed by atoms with van der Waals surface area (Å²) in [5, 5.41) is 0. The Morgan fingerprint density at radius 2 is 1.12 bits per heavy atom. The van der Waals surface area contributed by atoms with Crippen molar-refractivity contribution in [3.8, 4) is 0 Å². The van der Waals surface area contributed by atoms with Gasteiger partial charge in [-0.1, -0.05) is 0 Å². The van der Waals surface area contributed by atoms with Crippen molar-refractivity contribution in [3.05, 3.63) is 0 Å². The molecule has 0 unspecified atom stereocenters. The minimum atomic E-state index is -5.17. The fourth-order valence-electron chi connectivity index (χ4n) is 0. The predicted molar refractivity (Wildman–Crippen MR) is 11.2 cm³/mol. The van der Waals surface area contributed by atoms with Crippen molar-refractivity contribution in [2.24, 2.45) is 0 Å². The molecule has 8 heavy (non-hydrogen) atoms. The third kappa shape index (κ3) is 494. The molecular weight excluding hydrogens is 229 g/mol. The molecule has 5 nitrogen and oxygen atoms in total. The van der Waals surface area contributed by atoms with Gasteiger partial charge in [0.1, 0.15) is 0 Å². The van der Waals surface area contributed by atoms with Crippen LogP contribution < -0.4 is 0 Å². The summed E-state index contributed by atoms with van der Waals surface area (Å²) in [4.78, 5) is 0. The molecular formula is Ni2O5S. The molecule has 0 aliphatic rings. The Labute approximate surface area is 63.9 Å². The monoisotopic (exact) mass is 228 g/mol. The molecule has 8 heteroatoms. The first-order valence-corrected chi connectivity index (χ1v) is 2.53. The number of hydrogen-bond donors (Lipinski definition) is 0. The van der Waals surface area contributed by atoms with Crippen LogP contribution >= 0.6 is 0 Å². The van der Waals surface area contributed by atoms with Crippen LogP contribution in [-0.4, -0.2) is 17.5 Å². The number of rotatable bonds is 0. The maximum atomic E-state index is 8.52. The van der Waals surface area contributed by atoms with E-state index in [2.05, 4.69) is 15.4 Å². The molecule has 0 atom stereocenters. The zero-order valence-corrected chi connectivity index (χ0v) is 5.87. The summed E-state index contributed by atoms with van der Waals surface area (Å²) in [5.74, 6) is 0. The molecule has 0 saturated carbocycles. The van der Waals surface area contributed by atoms with E-state index >= 15 is 0 Å². The van der Waals surface area contributed by atoms with Crippen molar-refractivity contribution in [3.63, 3.8) is 0 Å². The van der Waals surface area contributed by atoms with Crippen molar-refractivity contribution >= 4 is 10.4 Å². The van der Waals surface area contributed by atoms with Crippen LogP contribution in [0.25, 0.3) is 0 Å². The quantitative estimate of drug-likeness (QED) is 0.287. The molecule has 0 aliphatic carbocycles. The van der Waals surface area contributed by atoms with Gasteiger partial charge in [0, 0.05) is 10.4 Å². The van der Waals surface area contributed by atoms with Crippen LogP contribution in [0.4, 0.5) is 0 Å². The van der Waals surface area contributed by atoms with E-state index in [1.165, 1.54) is 0 Å². The van der Waals surface area contributed by atoms with E-state index in [4.69, 9.17) is 21.4 Å². The van der Waals surface area contributed by atoms with Gasteiger partial charge in [0.05, 0.1) is 0 Å². The molecule has 56 valence electrons. The van der Waals surface area contributed by atoms with Gasteiger partial charge in [-0.2, -0.15) is 0 Å². The Bertz CT molecular complexity index is 104. The molecule has 0 aromatic rings. The molecule has 0 aromatic heterocycles.